The number of ether oxygens (including phenoxy) is 3. The number of sulfonamides is 1. The highest BCUT2D eigenvalue weighted by Gasteiger charge is 2.27. The van der Waals surface area contributed by atoms with Crippen LogP contribution in [-0.2, 0) is 27.8 Å². The van der Waals surface area contributed by atoms with Crippen LogP contribution in [0.3, 0.4) is 0 Å². The monoisotopic (exact) mass is 500 g/mol. The van der Waals surface area contributed by atoms with E-state index < -0.39 is 10.0 Å². The molecule has 0 radical (unpaired) electrons. The molecule has 0 unspecified atom stereocenters. The Morgan fingerprint density at radius 1 is 1.03 bits per heavy atom. The van der Waals surface area contributed by atoms with Crippen LogP contribution in [0.15, 0.2) is 65.8 Å². The number of aromatic nitrogens is 2. The molecule has 1 saturated heterocycles. The topological polar surface area (TPSA) is 86.1 Å². The van der Waals surface area contributed by atoms with Gasteiger partial charge < -0.3 is 18.8 Å². The highest BCUT2D eigenvalue weighted by Crippen LogP contribution is 2.22. The molecule has 2 aromatic carbocycles. The van der Waals surface area contributed by atoms with Crippen molar-refractivity contribution < 1.29 is 22.6 Å². The number of rotatable bonds is 11. The molecule has 4 rings (SSSR count). The van der Waals surface area contributed by atoms with Gasteiger partial charge in [0.15, 0.2) is 0 Å². The Balaban J connectivity index is 1.57. The Morgan fingerprint density at radius 3 is 2.49 bits per heavy atom. The van der Waals surface area contributed by atoms with Gasteiger partial charge in [0.2, 0.25) is 10.0 Å². The van der Waals surface area contributed by atoms with E-state index in [-0.39, 0.29) is 11.4 Å². The maximum atomic E-state index is 13.7. The molecule has 0 amide bonds. The number of nitrogens with zero attached hydrogens (tertiary/aromatic N) is 4. The number of benzene rings is 2. The predicted molar refractivity (Wildman–Crippen MR) is 132 cm³/mol. The Hall–Kier alpha value is -2.92. The zero-order valence-electron chi connectivity index (χ0n) is 20.2. The summed E-state index contributed by atoms with van der Waals surface area (Å²) in [6.07, 6.45) is 3.57. The van der Waals surface area contributed by atoms with Gasteiger partial charge in [0.05, 0.1) is 38.9 Å². The van der Waals surface area contributed by atoms with E-state index in [9.17, 15) is 8.42 Å². The number of morpholine rings is 1. The predicted octanol–water partition coefficient (Wildman–Crippen LogP) is 2.47. The molecule has 0 aliphatic carbocycles. The van der Waals surface area contributed by atoms with Crippen LogP contribution in [0.25, 0.3) is 0 Å². The van der Waals surface area contributed by atoms with Crippen molar-refractivity contribution in [1.82, 2.24) is 18.8 Å². The van der Waals surface area contributed by atoms with E-state index in [2.05, 4.69) is 9.88 Å². The molecule has 9 nitrogen and oxygen atoms in total. The SMILES string of the molecule is COc1ccc(S(=O)(=O)N(CCN2CCOCC2)Cc2nccn2Cc2cccc(OC)c2)cc1. The van der Waals surface area contributed by atoms with E-state index in [4.69, 9.17) is 14.2 Å². The molecule has 0 atom stereocenters. The molecular formula is C25H32N4O5S. The summed E-state index contributed by atoms with van der Waals surface area (Å²) in [6, 6.07) is 14.3. The fraction of sp³-hybridized carbons (Fsp3) is 0.400. The summed E-state index contributed by atoms with van der Waals surface area (Å²) in [6.45, 7) is 4.60. The zero-order valence-corrected chi connectivity index (χ0v) is 21.0. The lowest BCUT2D eigenvalue weighted by atomic mass is 10.2. The van der Waals surface area contributed by atoms with E-state index >= 15 is 0 Å². The van der Waals surface area contributed by atoms with Crippen LogP contribution < -0.4 is 9.47 Å². The fourth-order valence-electron chi connectivity index (χ4n) is 4.02. The van der Waals surface area contributed by atoms with Crippen molar-refractivity contribution in [2.24, 2.45) is 0 Å². The first-order valence-corrected chi connectivity index (χ1v) is 13.0. The molecule has 0 saturated carbocycles. The van der Waals surface area contributed by atoms with Crippen molar-refractivity contribution in [3.8, 4) is 11.5 Å². The van der Waals surface area contributed by atoms with Crippen LogP contribution in [0.4, 0.5) is 0 Å². The second kappa shape index (κ2) is 11.7. The highest BCUT2D eigenvalue weighted by atomic mass is 32.2. The van der Waals surface area contributed by atoms with Gasteiger partial charge in [-0.15, -0.1) is 0 Å². The molecule has 0 bridgehead atoms. The van der Waals surface area contributed by atoms with Crippen LogP contribution in [0, 0.1) is 0 Å². The molecule has 1 aliphatic heterocycles. The second-order valence-electron chi connectivity index (χ2n) is 8.29. The zero-order chi connectivity index (χ0) is 24.7. The molecule has 1 fully saturated rings. The summed E-state index contributed by atoms with van der Waals surface area (Å²) in [7, 11) is -0.564. The molecule has 35 heavy (non-hydrogen) atoms. The van der Waals surface area contributed by atoms with Crippen LogP contribution in [0.2, 0.25) is 0 Å². The first kappa shape index (κ1) is 25.2. The molecular weight excluding hydrogens is 468 g/mol. The Morgan fingerprint density at radius 2 is 1.77 bits per heavy atom. The Kier molecular flexibility index (Phi) is 8.40. The summed E-state index contributed by atoms with van der Waals surface area (Å²) in [5, 5.41) is 0. The third-order valence-corrected chi connectivity index (χ3v) is 7.93. The molecule has 188 valence electrons. The van der Waals surface area contributed by atoms with Gasteiger partial charge >= 0.3 is 0 Å². The van der Waals surface area contributed by atoms with Gasteiger partial charge in [-0.2, -0.15) is 4.31 Å². The summed E-state index contributed by atoms with van der Waals surface area (Å²) < 4.78 is 46.8. The number of methoxy groups -OCH3 is 2. The van der Waals surface area contributed by atoms with E-state index in [0.717, 1.165) is 24.4 Å². The minimum atomic E-state index is -3.76. The normalized spacial score (nSPS) is 14.8. The Bertz CT molecular complexity index is 1190. The van der Waals surface area contributed by atoms with E-state index in [1.807, 2.05) is 35.0 Å². The maximum absolute atomic E-state index is 13.7. The maximum Gasteiger partial charge on any atom is 0.243 e. The molecule has 1 aromatic heterocycles. The van der Waals surface area contributed by atoms with Crippen molar-refractivity contribution >= 4 is 10.0 Å². The quantitative estimate of drug-likeness (QED) is 0.400. The molecule has 0 spiro atoms. The minimum Gasteiger partial charge on any atom is -0.497 e. The smallest absolute Gasteiger partial charge is 0.243 e. The highest BCUT2D eigenvalue weighted by molar-refractivity contribution is 7.89. The summed E-state index contributed by atoms with van der Waals surface area (Å²) >= 11 is 0. The van der Waals surface area contributed by atoms with Gasteiger partial charge in [0.25, 0.3) is 0 Å². The average molecular weight is 501 g/mol. The van der Waals surface area contributed by atoms with E-state index in [1.165, 1.54) is 4.31 Å². The molecule has 0 N–H and O–H groups in total. The average Bonchev–Trinajstić information content (AvgIpc) is 3.33. The van der Waals surface area contributed by atoms with Crippen LogP contribution in [0.1, 0.15) is 11.4 Å². The summed E-state index contributed by atoms with van der Waals surface area (Å²) in [5.41, 5.74) is 1.04. The van der Waals surface area contributed by atoms with Crippen molar-refractivity contribution in [3.05, 3.63) is 72.3 Å². The summed E-state index contributed by atoms with van der Waals surface area (Å²) in [4.78, 5) is 6.95. The van der Waals surface area contributed by atoms with Gasteiger partial charge in [-0.25, -0.2) is 13.4 Å². The minimum absolute atomic E-state index is 0.162. The first-order chi connectivity index (χ1) is 17.0. The lowest BCUT2D eigenvalue weighted by molar-refractivity contribution is 0.0360. The van der Waals surface area contributed by atoms with Crippen LogP contribution >= 0.6 is 0 Å². The fourth-order valence-corrected chi connectivity index (χ4v) is 5.41. The lowest BCUT2D eigenvalue weighted by Crippen LogP contribution is -2.43. The van der Waals surface area contributed by atoms with Crippen LogP contribution in [0.5, 0.6) is 11.5 Å². The van der Waals surface area contributed by atoms with Crippen molar-refractivity contribution in [2.75, 3.05) is 53.6 Å². The van der Waals surface area contributed by atoms with Gasteiger partial charge in [0, 0.05) is 45.1 Å². The first-order valence-electron chi connectivity index (χ1n) is 11.6. The van der Waals surface area contributed by atoms with Crippen molar-refractivity contribution in [1.29, 1.82) is 0 Å². The van der Waals surface area contributed by atoms with Crippen LogP contribution in [-0.4, -0.2) is 80.8 Å². The second-order valence-corrected chi connectivity index (χ2v) is 10.2. The number of imidazole rings is 1. The molecule has 3 aromatic rings. The third kappa shape index (κ3) is 6.40. The van der Waals surface area contributed by atoms with E-state index in [1.54, 1.807) is 44.7 Å². The Labute approximate surface area is 206 Å². The van der Waals surface area contributed by atoms with Gasteiger partial charge in [-0.1, -0.05) is 12.1 Å². The third-order valence-electron chi connectivity index (χ3n) is 6.07. The molecule has 10 heteroatoms. The standard InChI is InChI=1S/C25H32N4O5S/c1-32-22-6-8-24(9-7-22)35(30,31)29(13-12-27-14-16-34-17-15-27)20-25-26-10-11-28(25)19-21-4-3-5-23(18-21)33-2/h3-11,18H,12-17,19-20H2,1-2H3. The van der Waals surface area contributed by atoms with Crippen molar-refractivity contribution in [2.45, 2.75) is 18.0 Å². The summed E-state index contributed by atoms with van der Waals surface area (Å²) in [5.74, 6) is 2.06. The van der Waals surface area contributed by atoms with Gasteiger partial charge in [0.1, 0.15) is 17.3 Å². The largest absolute Gasteiger partial charge is 0.497 e. The van der Waals surface area contributed by atoms with Gasteiger partial charge in [-0.05, 0) is 42.0 Å². The number of hydrogen-bond donors (Lipinski definition) is 0. The van der Waals surface area contributed by atoms with Crippen molar-refractivity contribution in [3.63, 3.8) is 0 Å². The molecule has 2 heterocycles. The van der Waals surface area contributed by atoms with E-state index in [0.29, 0.717) is 44.4 Å². The number of hydrogen-bond acceptors (Lipinski definition) is 7. The van der Waals surface area contributed by atoms with Gasteiger partial charge in [-0.3, -0.25) is 4.90 Å². The lowest BCUT2D eigenvalue weighted by Gasteiger charge is -2.29. The molecule has 1 aliphatic rings.